The minimum Gasteiger partial charge on any atom is -0.376 e. The molecule has 2 aliphatic heterocycles. The van der Waals surface area contributed by atoms with Crippen LogP contribution in [-0.4, -0.2) is 48.7 Å². The number of nitrogens with one attached hydrogen (secondary N) is 1. The van der Waals surface area contributed by atoms with Gasteiger partial charge in [-0.2, -0.15) is 0 Å². The van der Waals surface area contributed by atoms with Crippen molar-refractivity contribution >= 4 is 5.91 Å². The molecule has 2 saturated heterocycles. The van der Waals surface area contributed by atoms with Gasteiger partial charge in [-0.15, -0.1) is 0 Å². The zero-order chi connectivity index (χ0) is 18.1. The van der Waals surface area contributed by atoms with Gasteiger partial charge in [-0.05, 0) is 48.7 Å². The number of morpholine rings is 1. The highest BCUT2D eigenvalue weighted by Gasteiger charge is 2.36. The van der Waals surface area contributed by atoms with Gasteiger partial charge in [0.25, 0.3) is 5.91 Å². The van der Waals surface area contributed by atoms with Gasteiger partial charge in [-0.3, -0.25) is 9.69 Å². The van der Waals surface area contributed by atoms with Gasteiger partial charge in [0.05, 0.1) is 12.7 Å². The fourth-order valence-electron chi connectivity index (χ4n) is 3.89. The van der Waals surface area contributed by atoms with Crippen molar-refractivity contribution in [2.75, 3.05) is 19.7 Å². The lowest BCUT2D eigenvalue weighted by atomic mass is 10.0. The summed E-state index contributed by atoms with van der Waals surface area (Å²) in [6, 6.07) is 14.3. The van der Waals surface area contributed by atoms with Crippen LogP contribution in [0.5, 0.6) is 0 Å². The molecule has 4 rings (SSSR count). The zero-order valence-corrected chi connectivity index (χ0v) is 14.8. The number of carbonyl (C=O) groups excluding carboxylic acids is 1. The highest BCUT2D eigenvalue weighted by molar-refractivity contribution is 5.94. The van der Waals surface area contributed by atoms with Crippen molar-refractivity contribution in [2.24, 2.45) is 0 Å². The lowest BCUT2D eigenvalue weighted by Gasteiger charge is -2.33. The maximum Gasteiger partial charge on any atom is 0.251 e. The normalized spacial score (nSPS) is 25.7. The predicted octanol–water partition coefficient (Wildman–Crippen LogP) is 3.08. The van der Waals surface area contributed by atoms with E-state index in [9.17, 15) is 9.18 Å². The minimum absolute atomic E-state index is 0.0605. The van der Waals surface area contributed by atoms with Gasteiger partial charge >= 0.3 is 0 Å². The first-order valence-electron chi connectivity index (χ1n) is 9.11. The molecule has 1 amide bonds. The Bertz CT molecular complexity index is 793. The van der Waals surface area contributed by atoms with E-state index in [2.05, 4.69) is 17.1 Å². The SMILES string of the molecule is C[C@H]1CN2C[C@@H](NC(=O)c3ccc(-c4cccc(F)c4)cc3)C[C@H]2CO1. The second-order valence-corrected chi connectivity index (χ2v) is 7.25. The molecule has 2 aromatic rings. The van der Waals surface area contributed by atoms with E-state index < -0.39 is 0 Å². The van der Waals surface area contributed by atoms with Crippen LogP contribution in [0.25, 0.3) is 11.1 Å². The molecule has 2 aromatic carbocycles. The summed E-state index contributed by atoms with van der Waals surface area (Å²) in [5, 5.41) is 3.14. The summed E-state index contributed by atoms with van der Waals surface area (Å²) >= 11 is 0. The molecule has 0 saturated carbocycles. The summed E-state index contributed by atoms with van der Waals surface area (Å²) in [7, 11) is 0. The van der Waals surface area contributed by atoms with E-state index in [0.29, 0.717) is 11.6 Å². The Labute approximate surface area is 153 Å². The van der Waals surface area contributed by atoms with Crippen LogP contribution in [0.4, 0.5) is 4.39 Å². The van der Waals surface area contributed by atoms with E-state index in [1.807, 2.05) is 18.2 Å². The monoisotopic (exact) mass is 354 g/mol. The molecule has 1 N–H and O–H groups in total. The quantitative estimate of drug-likeness (QED) is 0.921. The molecule has 5 heteroatoms. The molecular formula is C21H23FN2O2. The number of benzene rings is 2. The number of ether oxygens (including phenoxy) is 1. The van der Waals surface area contributed by atoms with Gasteiger partial charge in [-0.25, -0.2) is 4.39 Å². The topological polar surface area (TPSA) is 41.6 Å². The fourth-order valence-corrected chi connectivity index (χ4v) is 3.89. The van der Waals surface area contributed by atoms with E-state index >= 15 is 0 Å². The van der Waals surface area contributed by atoms with E-state index in [1.165, 1.54) is 12.1 Å². The summed E-state index contributed by atoms with van der Waals surface area (Å²) in [4.78, 5) is 15.0. The van der Waals surface area contributed by atoms with Crippen LogP contribution in [-0.2, 0) is 4.74 Å². The molecule has 26 heavy (non-hydrogen) atoms. The third-order valence-corrected chi connectivity index (χ3v) is 5.23. The number of amides is 1. The van der Waals surface area contributed by atoms with Gasteiger partial charge in [-0.1, -0.05) is 24.3 Å². The summed E-state index contributed by atoms with van der Waals surface area (Å²) < 4.78 is 19.1. The summed E-state index contributed by atoms with van der Waals surface area (Å²) in [6.07, 6.45) is 1.19. The number of fused-ring (bicyclic) bond motifs is 1. The van der Waals surface area contributed by atoms with E-state index in [1.54, 1.807) is 18.2 Å². The molecule has 0 unspecified atom stereocenters. The summed E-state index contributed by atoms with van der Waals surface area (Å²) in [5.41, 5.74) is 2.32. The molecule has 2 aliphatic rings. The Morgan fingerprint density at radius 3 is 2.73 bits per heavy atom. The van der Waals surface area contributed by atoms with Crippen molar-refractivity contribution in [3.63, 3.8) is 0 Å². The van der Waals surface area contributed by atoms with Crippen molar-refractivity contribution in [3.8, 4) is 11.1 Å². The number of carbonyl (C=O) groups is 1. The molecule has 2 fully saturated rings. The van der Waals surface area contributed by atoms with Crippen LogP contribution in [0, 0.1) is 5.82 Å². The second-order valence-electron chi connectivity index (χ2n) is 7.25. The van der Waals surface area contributed by atoms with Gasteiger partial charge < -0.3 is 10.1 Å². The standard InChI is InChI=1S/C21H23FN2O2/c1-14-11-24-12-19(10-20(24)13-26-14)23-21(25)16-7-5-15(6-8-16)17-3-2-4-18(22)9-17/h2-9,14,19-20H,10-13H2,1H3,(H,23,25)/t14-,19-,20-/m0/s1. The minimum atomic E-state index is -0.264. The van der Waals surface area contributed by atoms with Crippen LogP contribution < -0.4 is 5.32 Å². The molecule has 2 heterocycles. The molecule has 4 nitrogen and oxygen atoms in total. The number of rotatable bonds is 3. The smallest absolute Gasteiger partial charge is 0.251 e. The van der Waals surface area contributed by atoms with Crippen molar-refractivity contribution in [2.45, 2.75) is 31.5 Å². The molecule has 0 radical (unpaired) electrons. The van der Waals surface area contributed by atoms with E-state index in [0.717, 1.165) is 37.2 Å². The Hall–Kier alpha value is -2.24. The first-order valence-corrected chi connectivity index (χ1v) is 9.11. The molecule has 0 bridgehead atoms. The number of nitrogens with zero attached hydrogens (tertiary/aromatic N) is 1. The van der Waals surface area contributed by atoms with Crippen LogP contribution in [0.2, 0.25) is 0 Å². The highest BCUT2D eigenvalue weighted by Crippen LogP contribution is 2.24. The molecule has 0 aliphatic carbocycles. The fraction of sp³-hybridized carbons (Fsp3) is 0.381. The Morgan fingerprint density at radius 1 is 1.15 bits per heavy atom. The maximum atomic E-state index is 13.4. The third-order valence-electron chi connectivity index (χ3n) is 5.23. The first-order chi connectivity index (χ1) is 12.6. The van der Waals surface area contributed by atoms with Crippen molar-refractivity contribution < 1.29 is 13.9 Å². The number of hydrogen-bond donors (Lipinski definition) is 1. The molecule has 136 valence electrons. The van der Waals surface area contributed by atoms with Gasteiger partial charge in [0.15, 0.2) is 0 Å². The lowest BCUT2D eigenvalue weighted by molar-refractivity contribution is -0.0390. The molecule has 0 aromatic heterocycles. The van der Waals surface area contributed by atoms with Crippen LogP contribution in [0.3, 0.4) is 0 Å². The van der Waals surface area contributed by atoms with Crippen molar-refractivity contribution in [1.29, 1.82) is 0 Å². The largest absolute Gasteiger partial charge is 0.376 e. The summed E-state index contributed by atoms with van der Waals surface area (Å²) in [6.45, 7) is 4.64. The Morgan fingerprint density at radius 2 is 1.96 bits per heavy atom. The van der Waals surface area contributed by atoms with Gasteiger partial charge in [0.1, 0.15) is 5.82 Å². The first kappa shape index (κ1) is 17.2. The third kappa shape index (κ3) is 3.64. The summed E-state index contributed by atoms with van der Waals surface area (Å²) in [5.74, 6) is -0.324. The van der Waals surface area contributed by atoms with Crippen LogP contribution >= 0.6 is 0 Å². The average molecular weight is 354 g/mol. The Balaban J connectivity index is 1.39. The number of hydrogen-bond acceptors (Lipinski definition) is 3. The van der Waals surface area contributed by atoms with Crippen LogP contribution in [0.15, 0.2) is 48.5 Å². The molecular weight excluding hydrogens is 331 g/mol. The van der Waals surface area contributed by atoms with Crippen molar-refractivity contribution in [3.05, 3.63) is 59.9 Å². The van der Waals surface area contributed by atoms with E-state index in [4.69, 9.17) is 4.74 Å². The average Bonchev–Trinajstić information content (AvgIpc) is 3.03. The lowest BCUT2D eigenvalue weighted by Crippen LogP contribution is -2.45. The molecule has 3 atom stereocenters. The van der Waals surface area contributed by atoms with Gasteiger partial charge in [0, 0.05) is 30.7 Å². The second kappa shape index (κ2) is 7.17. The van der Waals surface area contributed by atoms with Gasteiger partial charge in [0.2, 0.25) is 0 Å². The zero-order valence-electron chi connectivity index (χ0n) is 14.8. The van der Waals surface area contributed by atoms with Crippen LogP contribution in [0.1, 0.15) is 23.7 Å². The maximum absolute atomic E-state index is 13.4. The highest BCUT2D eigenvalue weighted by atomic mass is 19.1. The van der Waals surface area contributed by atoms with Crippen molar-refractivity contribution in [1.82, 2.24) is 10.2 Å². The molecule has 0 spiro atoms. The van der Waals surface area contributed by atoms with E-state index in [-0.39, 0.29) is 23.9 Å². The Kier molecular flexibility index (Phi) is 4.74. The number of halogens is 1. The predicted molar refractivity (Wildman–Crippen MR) is 98.5 cm³/mol.